The summed E-state index contributed by atoms with van der Waals surface area (Å²) in [5.41, 5.74) is 2.44. The lowest BCUT2D eigenvalue weighted by Crippen LogP contribution is -2.52. The maximum Gasteiger partial charge on any atom is 0.305 e. The first-order valence-electron chi connectivity index (χ1n) is 14.3. The lowest BCUT2D eigenvalue weighted by Gasteiger charge is -2.43. The number of hydrogen-bond acceptors (Lipinski definition) is 7. The molecule has 0 spiro atoms. The van der Waals surface area contributed by atoms with Crippen molar-refractivity contribution in [3.05, 3.63) is 49.9 Å². The molecule has 1 aromatic heterocycles. The quantitative estimate of drug-likeness (QED) is 0.558. The maximum atomic E-state index is 14.0. The lowest BCUT2D eigenvalue weighted by atomic mass is 9.68. The second kappa shape index (κ2) is 9.29. The SMILES string of the molecule is CC(C(=O)N1CCOCC1)N1C(=O)C2C3CC(C2C1=O)C1C(c2ccc(C(C)(C)C)cc2)c2sc(=O)[nH]c2SC31. The Labute approximate surface area is 241 Å². The summed E-state index contributed by atoms with van der Waals surface area (Å²) in [5, 5.41) is 1.05. The molecule has 8 atom stereocenters. The Morgan fingerprint density at radius 1 is 1.02 bits per heavy atom. The summed E-state index contributed by atoms with van der Waals surface area (Å²) < 4.78 is 5.38. The Morgan fingerprint density at radius 2 is 1.68 bits per heavy atom. The van der Waals surface area contributed by atoms with Gasteiger partial charge in [0.25, 0.3) is 0 Å². The van der Waals surface area contributed by atoms with E-state index in [1.54, 1.807) is 23.6 Å². The van der Waals surface area contributed by atoms with Crippen molar-refractivity contribution in [2.75, 3.05) is 26.3 Å². The predicted octanol–water partition coefficient (Wildman–Crippen LogP) is 3.45. The second-order valence-corrected chi connectivity index (χ2v) is 15.2. The highest BCUT2D eigenvalue weighted by atomic mass is 32.2. The van der Waals surface area contributed by atoms with Crippen LogP contribution in [0.4, 0.5) is 0 Å². The number of morpholine rings is 1. The van der Waals surface area contributed by atoms with Gasteiger partial charge in [-0.05, 0) is 47.6 Å². The minimum absolute atomic E-state index is 0.000439. The zero-order chi connectivity index (χ0) is 28.1. The third kappa shape index (κ3) is 3.81. The number of likely N-dealkylation sites (tertiary alicyclic amines) is 1. The number of nitrogens with zero attached hydrogens (tertiary/aromatic N) is 2. The van der Waals surface area contributed by atoms with Crippen molar-refractivity contribution < 1.29 is 19.1 Å². The molecule has 8 nitrogen and oxygen atoms in total. The van der Waals surface area contributed by atoms with Gasteiger partial charge in [-0.3, -0.25) is 24.1 Å². The van der Waals surface area contributed by atoms with E-state index in [4.69, 9.17) is 4.74 Å². The molecule has 2 saturated carbocycles. The molecule has 40 heavy (non-hydrogen) atoms. The Kier molecular flexibility index (Phi) is 6.15. The molecular formula is C30H35N3O5S2. The number of thiazole rings is 1. The molecule has 5 aliphatic rings. The molecule has 10 heteroatoms. The van der Waals surface area contributed by atoms with Crippen molar-refractivity contribution >= 4 is 40.8 Å². The van der Waals surface area contributed by atoms with Crippen molar-refractivity contribution in [1.29, 1.82) is 0 Å². The van der Waals surface area contributed by atoms with Gasteiger partial charge in [0.05, 0.1) is 30.1 Å². The zero-order valence-corrected chi connectivity index (χ0v) is 24.8. The van der Waals surface area contributed by atoms with Crippen LogP contribution < -0.4 is 4.87 Å². The van der Waals surface area contributed by atoms with Crippen LogP contribution in [0.25, 0.3) is 0 Å². The normalized spacial score (nSPS) is 33.6. The molecule has 2 bridgehead atoms. The van der Waals surface area contributed by atoms with E-state index < -0.39 is 12.0 Å². The van der Waals surface area contributed by atoms with Crippen LogP contribution in [-0.2, 0) is 24.5 Å². The van der Waals surface area contributed by atoms with Crippen molar-refractivity contribution in [2.24, 2.45) is 29.6 Å². The minimum Gasteiger partial charge on any atom is -0.378 e. The van der Waals surface area contributed by atoms with Crippen LogP contribution in [0.3, 0.4) is 0 Å². The molecule has 3 amide bonds. The van der Waals surface area contributed by atoms with Crippen molar-refractivity contribution in [3.63, 3.8) is 0 Å². The fourth-order valence-corrected chi connectivity index (χ4v) is 11.0. The van der Waals surface area contributed by atoms with Crippen LogP contribution in [0.2, 0.25) is 0 Å². The lowest BCUT2D eigenvalue weighted by molar-refractivity contribution is -0.153. The van der Waals surface area contributed by atoms with Gasteiger partial charge in [0.1, 0.15) is 6.04 Å². The molecule has 2 aromatic rings. The Balaban J connectivity index is 1.23. The predicted molar refractivity (Wildman–Crippen MR) is 152 cm³/mol. The van der Waals surface area contributed by atoms with Crippen molar-refractivity contribution in [2.45, 2.75) is 61.8 Å². The topological polar surface area (TPSA) is 99.8 Å². The largest absolute Gasteiger partial charge is 0.378 e. The van der Waals surface area contributed by atoms with E-state index in [2.05, 4.69) is 50.0 Å². The number of carbonyl (C=O) groups excluding carboxylic acids is 3. The minimum atomic E-state index is -0.809. The summed E-state index contributed by atoms with van der Waals surface area (Å²) in [6.45, 7) is 10.2. The molecule has 7 rings (SSSR count). The van der Waals surface area contributed by atoms with Gasteiger partial charge in [0, 0.05) is 29.1 Å². The summed E-state index contributed by atoms with van der Waals surface area (Å²) in [5.74, 6) is -1.10. The number of ether oxygens (including phenoxy) is 1. The number of hydrogen-bond donors (Lipinski definition) is 1. The van der Waals surface area contributed by atoms with Crippen LogP contribution >= 0.6 is 23.1 Å². The monoisotopic (exact) mass is 581 g/mol. The highest BCUT2D eigenvalue weighted by molar-refractivity contribution is 8.00. The molecule has 4 fully saturated rings. The van der Waals surface area contributed by atoms with E-state index in [1.165, 1.54) is 21.8 Å². The van der Waals surface area contributed by atoms with Crippen LogP contribution in [0, 0.1) is 29.6 Å². The van der Waals surface area contributed by atoms with Gasteiger partial charge in [-0.2, -0.15) is 0 Å². The van der Waals surface area contributed by atoms with Gasteiger partial charge in [-0.15, -0.1) is 11.8 Å². The van der Waals surface area contributed by atoms with E-state index in [0.717, 1.165) is 21.9 Å². The van der Waals surface area contributed by atoms with Gasteiger partial charge in [-0.1, -0.05) is 56.4 Å². The first-order valence-corrected chi connectivity index (χ1v) is 16.0. The van der Waals surface area contributed by atoms with Gasteiger partial charge in [0.2, 0.25) is 17.7 Å². The number of thioether (sulfide) groups is 1. The van der Waals surface area contributed by atoms with E-state index in [9.17, 15) is 19.2 Å². The fourth-order valence-electron chi connectivity index (χ4n) is 8.14. The summed E-state index contributed by atoms with van der Waals surface area (Å²) in [6, 6.07) is 7.93. The van der Waals surface area contributed by atoms with Crippen LogP contribution in [0.5, 0.6) is 0 Å². The molecule has 2 saturated heterocycles. The smallest absolute Gasteiger partial charge is 0.305 e. The number of aromatic nitrogens is 1. The molecule has 1 aromatic carbocycles. The number of imide groups is 1. The highest BCUT2D eigenvalue weighted by Gasteiger charge is 2.70. The zero-order valence-electron chi connectivity index (χ0n) is 23.2. The van der Waals surface area contributed by atoms with Crippen LogP contribution in [0.1, 0.15) is 56.0 Å². The van der Waals surface area contributed by atoms with Crippen LogP contribution in [0.15, 0.2) is 34.1 Å². The van der Waals surface area contributed by atoms with Gasteiger partial charge in [0.15, 0.2) is 0 Å². The molecule has 3 aliphatic heterocycles. The molecule has 212 valence electrons. The average Bonchev–Trinajstić information content (AvgIpc) is 3.66. The van der Waals surface area contributed by atoms with E-state index in [-0.39, 0.29) is 62.8 Å². The standard InChI is InChI=1S/C30H35N3O5S2/c1-14(26(34)32-9-11-38-12-10-32)33-27(35)21-17-13-18(22(21)28(33)36)23-20(17)19(24-25(39-23)31-29(37)40-24)15-5-7-16(8-6-15)30(2,3)4/h5-8,14,17-23H,9-13H2,1-4H3,(H,31,37). The maximum absolute atomic E-state index is 14.0. The van der Waals surface area contributed by atoms with E-state index >= 15 is 0 Å². The Bertz CT molecular complexity index is 1440. The molecule has 2 aliphatic carbocycles. The second-order valence-electron chi connectivity index (χ2n) is 13.0. The number of fused-ring (bicyclic) bond motifs is 9. The van der Waals surface area contributed by atoms with Crippen molar-refractivity contribution in [1.82, 2.24) is 14.8 Å². The summed E-state index contributed by atoms with van der Waals surface area (Å²) in [6.07, 6.45) is 0.838. The van der Waals surface area contributed by atoms with Crippen molar-refractivity contribution in [3.8, 4) is 0 Å². The van der Waals surface area contributed by atoms with Crippen LogP contribution in [-0.4, -0.2) is 70.1 Å². The number of amides is 3. The van der Waals surface area contributed by atoms with E-state index in [0.29, 0.717) is 26.3 Å². The Morgan fingerprint density at radius 3 is 2.33 bits per heavy atom. The summed E-state index contributed by atoms with van der Waals surface area (Å²) >= 11 is 2.97. The Hall–Kier alpha value is -2.43. The number of H-pyrrole nitrogens is 1. The summed E-state index contributed by atoms with van der Waals surface area (Å²) in [4.78, 5) is 60.7. The highest BCUT2D eigenvalue weighted by Crippen LogP contribution is 2.68. The average molecular weight is 582 g/mol. The number of aromatic amines is 1. The van der Waals surface area contributed by atoms with E-state index in [1.807, 2.05) is 0 Å². The molecule has 8 unspecified atom stereocenters. The van der Waals surface area contributed by atoms with Gasteiger partial charge in [-0.25, -0.2) is 0 Å². The summed E-state index contributed by atoms with van der Waals surface area (Å²) in [7, 11) is 0. The number of benzene rings is 1. The van der Waals surface area contributed by atoms with Gasteiger partial charge >= 0.3 is 4.87 Å². The third-order valence-corrected chi connectivity index (χ3v) is 12.5. The first-order chi connectivity index (χ1) is 19.1. The number of rotatable bonds is 3. The fraction of sp³-hybridized carbons (Fsp3) is 0.600. The first kappa shape index (κ1) is 26.5. The van der Waals surface area contributed by atoms with Gasteiger partial charge < -0.3 is 14.6 Å². The molecule has 1 N–H and O–H groups in total. The molecular weight excluding hydrogens is 546 g/mol. The molecule has 0 radical (unpaired) electrons. The number of carbonyl (C=O) groups is 3. The molecule has 4 heterocycles. The number of nitrogens with one attached hydrogen (secondary N) is 1. The third-order valence-electron chi connectivity index (χ3n) is 9.96.